The molecule has 0 saturated carbocycles. The zero-order valence-corrected chi connectivity index (χ0v) is 24.9. The summed E-state index contributed by atoms with van der Waals surface area (Å²) in [6.45, 7) is 6.83. The maximum Gasteiger partial charge on any atom is 0.271 e. The molecule has 0 aliphatic carbocycles. The Morgan fingerprint density at radius 2 is 1.81 bits per heavy atom. The average molecular weight is 654 g/mol. The van der Waals surface area contributed by atoms with Gasteiger partial charge in [-0.2, -0.15) is 0 Å². The van der Waals surface area contributed by atoms with E-state index in [9.17, 15) is 9.59 Å². The fraction of sp³-hybridized carbons (Fsp3) is 0.269. The summed E-state index contributed by atoms with van der Waals surface area (Å²) in [6, 6.07) is 10.4. The zero-order chi connectivity index (χ0) is 26.1. The van der Waals surface area contributed by atoms with Gasteiger partial charge in [0.25, 0.3) is 11.5 Å². The minimum absolute atomic E-state index is 0.126. The molecule has 1 aliphatic heterocycles. The van der Waals surface area contributed by atoms with Crippen molar-refractivity contribution in [3.05, 3.63) is 92.5 Å². The van der Waals surface area contributed by atoms with Crippen LogP contribution in [0.2, 0.25) is 5.02 Å². The van der Waals surface area contributed by atoms with Crippen LogP contribution < -0.4 is 19.6 Å². The summed E-state index contributed by atoms with van der Waals surface area (Å²) >= 11 is 14.5. The van der Waals surface area contributed by atoms with E-state index < -0.39 is 6.04 Å². The summed E-state index contributed by atoms with van der Waals surface area (Å²) in [7, 11) is 1.60. The van der Waals surface area contributed by atoms with Gasteiger partial charge >= 0.3 is 0 Å². The van der Waals surface area contributed by atoms with Gasteiger partial charge in [0.1, 0.15) is 5.75 Å². The molecular weight excluding hydrogens is 630 g/mol. The van der Waals surface area contributed by atoms with Crippen LogP contribution in [-0.4, -0.2) is 35.6 Å². The van der Waals surface area contributed by atoms with E-state index in [-0.39, 0.29) is 11.5 Å². The molecule has 2 aromatic carbocycles. The van der Waals surface area contributed by atoms with E-state index in [1.807, 2.05) is 51.1 Å². The predicted molar refractivity (Wildman–Crippen MR) is 152 cm³/mol. The first-order valence-corrected chi connectivity index (χ1v) is 14.1. The van der Waals surface area contributed by atoms with Crippen LogP contribution in [0.25, 0.3) is 6.08 Å². The van der Waals surface area contributed by atoms with Crippen LogP contribution in [0.3, 0.4) is 0 Å². The molecule has 0 unspecified atom stereocenters. The van der Waals surface area contributed by atoms with Gasteiger partial charge in [0, 0.05) is 18.1 Å². The van der Waals surface area contributed by atoms with Crippen molar-refractivity contribution in [2.45, 2.75) is 26.8 Å². The Balaban J connectivity index is 1.95. The molecule has 188 valence electrons. The van der Waals surface area contributed by atoms with Crippen LogP contribution in [0.1, 0.15) is 37.9 Å². The van der Waals surface area contributed by atoms with Crippen LogP contribution in [0.4, 0.5) is 0 Å². The normalized spacial score (nSPS) is 15.5. The molecule has 10 heteroatoms. The van der Waals surface area contributed by atoms with Gasteiger partial charge in [-0.05, 0) is 94.1 Å². The van der Waals surface area contributed by atoms with Crippen LogP contribution in [0.15, 0.2) is 66.4 Å². The number of hydrogen-bond acceptors (Lipinski definition) is 5. The summed E-state index contributed by atoms with van der Waals surface area (Å²) in [4.78, 5) is 34.4. The fourth-order valence-corrected chi connectivity index (χ4v) is 6.96. The SMILES string of the molecule is CCN(CC)C(=O)C1=C(C)N=c2s/c(=C/c3cc(Br)c(OC)c(Br)c3)c(=O)n2[C@@H]1c1ccc(Cl)cc1. The molecule has 4 rings (SSSR count). The van der Waals surface area contributed by atoms with E-state index in [1.54, 1.807) is 28.7 Å². The molecular formula is C26H24Br2ClN3O3S. The number of methoxy groups -OCH3 is 1. The lowest BCUT2D eigenvalue weighted by Gasteiger charge is -2.29. The van der Waals surface area contributed by atoms with Crippen molar-refractivity contribution in [2.24, 2.45) is 4.99 Å². The Labute approximate surface area is 234 Å². The second-order valence-corrected chi connectivity index (χ2v) is 11.3. The number of fused-ring (bicyclic) bond motifs is 1. The molecule has 0 saturated heterocycles. The number of likely N-dealkylation sites (N-methyl/N-ethyl adjacent to an activating group) is 1. The number of ether oxygens (including phenoxy) is 1. The minimum Gasteiger partial charge on any atom is -0.494 e. The third kappa shape index (κ3) is 4.98. The van der Waals surface area contributed by atoms with Gasteiger partial charge in [-0.25, -0.2) is 4.99 Å². The number of hydrogen-bond donors (Lipinski definition) is 0. The second-order valence-electron chi connectivity index (χ2n) is 8.13. The Morgan fingerprint density at radius 3 is 2.36 bits per heavy atom. The number of nitrogens with zero attached hydrogens (tertiary/aromatic N) is 3. The maximum atomic E-state index is 13.8. The first kappa shape index (κ1) is 26.9. The maximum absolute atomic E-state index is 13.8. The Bertz CT molecular complexity index is 1520. The second kappa shape index (κ2) is 11.0. The number of amides is 1. The molecule has 1 aliphatic rings. The number of carbonyl (C=O) groups is 1. The molecule has 1 amide bonds. The molecule has 0 radical (unpaired) electrons. The highest BCUT2D eigenvalue weighted by Gasteiger charge is 2.34. The zero-order valence-electron chi connectivity index (χ0n) is 20.1. The fourth-order valence-electron chi connectivity index (χ4n) is 4.25. The number of thiazole rings is 1. The van der Waals surface area contributed by atoms with Gasteiger partial charge in [-0.3, -0.25) is 14.2 Å². The smallest absolute Gasteiger partial charge is 0.271 e. The van der Waals surface area contributed by atoms with Crippen LogP contribution in [-0.2, 0) is 4.79 Å². The van der Waals surface area contributed by atoms with E-state index in [1.165, 1.54) is 11.3 Å². The Hall–Kier alpha value is -2.20. The van der Waals surface area contributed by atoms with Crippen molar-refractivity contribution in [1.29, 1.82) is 0 Å². The van der Waals surface area contributed by atoms with Crippen molar-refractivity contribution in [1.82, 2.24) is 9.47 Å². The lowest BCUT2D eigenvalue weighted by molar-refractivity contribution is -0.127. The molecule has 0 N–H and O–H groups in total. The molecule has 1 atom stereocenters. The monoisotopic (exact) mass is 651 g/mol. The molecule has 1 aromatic heterocycles. The van der Waals surface area contributed by atoms with Gasteiger partial charge in [-0.15, -0.1) is 0 Å². The van der Waals surface area contributed by atoms with Crippen LogP contribution in [0, 0.1) is 0 Å². The average Bonchev–Trinajstić information content (AvgIpc) is 3.13. The molecule has 36 heavy (non-hydrogen) atoms. The van der Waals surface area contributed by atoms with E-state index >= 15 is 0 Å². The highest BCUT2D eigenvalue weighted by Crippen LogP contribution is 2.35. The Morgan fingerprint density at radius 1 is 1.19 bits per heavy atom. The molecule has 0 bridgehead atoms. The first-order valence-electron chi connectivity index (χ1n) is 11.3. The summed E-state index contributed by atoms with van der Waals surface area (Å²) in [5.41, 5.74) is 2.51. The molecule has 0 spiro atoms. The molecule has 2 heterocycles. The third-order valence-corrected chi connectivity index (χ3v) is 8.42. The van der Waals surface area contributed by atoms with Crippen LogP contribution >= 0.6 is 54.8 Å². The highest BCUT2D eigenvalue weighted by atomic mass is 79.9. The summed E-state index contributed by atoms with van der Waals surface area (Å²) in [5, 5.41) is 0.583. The quantitative estimate of drug-likeness (QED) is 0.364. The Kier molecular flexibility index (Phi) is 8.24. The number of rotatable bonds is 6. The van der Waals surface area contributed by atoms with E-state index in [4.69, 9.17) is 21.3 Å². The number of benzene rings is 2. The van der Waals surface area contributed by atoms with Gasteiger partial charge in [0.2, 0.25) is 0 Å². The topological polar surface area (TPSA) is 63.9 Å². The molecule has 3 aromatic rings. The van der Waals surface area contributed by atoms with Crippen molar-refractivity contribution in [2.75, 3.05) is 20.2 Å². The van der Waals surface area contributed by atoms with Gasteiger partial charge in [-0.1, -0.05) is 35.1 Å². The summed E-state index contributed by atoms with van der Waals surface area (Å²) < 4.78 is 9.05. The van der Waals surface area contributed by atoms with Gasteiger partial charge in [0.05, 0.1) is 37.9 Å². The standard InChI is InChI=1S/C26H24Br2ClN3O3S/c1-5-31(6-2)25(34)21-14(3)30-26-32(22(21)16-7-9-17(29)10-8-16)24(33)20(36-26)13-15-11-18(27)23(35-4)19(28)12-15/h7-13,22H,5-6H2,1-4H3/b20-13+/t22-/m1/s1. The van der Waals surface area contributed by atoms with Crippen molar-refractivity contribution in [3.63, 3.8) is 0 Å². The van der Waals surface area contributed by atoms with Crippen molar-refractivity contribution >= 4 is 66.8 Å². The van der Waals surface area contributed by atoms with Crippen LogP contribution in [0.5, 0.6) is 5.75 Å². The molecule has 0 fully saturated rings. The summed E-state index contributed by atoms with van der Waals surface area (Å²) in [5.74, 6) is 0.546. The van der Waals surface area contributed by atoms with E-state index in [2.05, 4.69) is 31.9 Å². The first-order chi connectivity index (χ1) is 17.2. The lowest BCUT2D eigenvalue weighted by atomic mass is 9.94. The number of halogens is 3. The number of carbonyl (C=O) groups excluding carboxylic acids is 1. The third-order valence-electron chi connectivity index (χ3n) is 6.01. The largest absolute Gasteiger partial charge is 0.494 e. The summed E-state index contributed by atoms with van der Waals surface area (Å²) in [6.07, 6.45) is 1.82. The van der Waals surface area contributed by atoms with Crippen molar-refractivity contribution in [3.8, 4) is 5.75 Å². The number of allylic oxidation sites excluding steroid dienone is 1. The molecule has 6 nitrogen and oxygen atoms in total. The van der Waals surface area contributed by atoms with E-state index in [0.717, 1.165) is 20.1 Å². The van der Waals surface area contributed by atoms with E-state index in [0.29, 0.717) is 44.5 Å². The number of aromatic nitrogens is 1. The minimum atomic E-state index is -0.608. The van der Waals surface area contributed by atoms with Crippen molar-refractivity contribution < 1.29 is 9.53 Å². The highest BCUT2D eigenvalue weighted by molar-refractivity contribution is 9.11. The lowest BCUT2D eigenvalue weighted by Crippen LogP contribution is -2.43. The van der Waals surface area contributed by atoms with Gasteiger partial charge in [0.15, 0.2) is 4.80 Å². The predicted octanol–water partition coefficient (Wildman–Crippen LogP) is 5.29. The van der Waals surface area contributed by atoms with Gasteiger partial charge < -0.3 is 9.64 Å².